The van der Waals surface area contributed by atoms with Crippen molar-refractivity contribution < 1.29 is 66.4 Å². The maximum Gasteiger partial charge on any atom is 0.303 e. The molecule has 0 saturated carbocycles. The Morgan fingerprint density at radius 1 is 0.549 bits per heavy atom. The van der Waals surface area contributed by atoms with Crippen molar-refractivity contribution in [1.82, 2.24) is 19.9 Å². The molecule has 20 nitrogen and oxygen atoms in total. The molecule has 4 aliphatic rings. The molecule has 4 aliphatic heterocycles. The first-order valence-corrected chi connectivity index (χ1v) is 23.0. The van der Waals surface area contributed by atoms with E-state index < -0.39 is 6.10 Å². The summed E-state index contributed by atoms with van der Waals surface area (Å²) in [7, 11) is 6.29. The minimum Gasteiger partial charge on any atom is -0.493 e. The van der Waals surface area contributed by atoms with E-state index in [4.69, 9.17) is 97.4 Å². The smallest absolute Gasteiger partial charge is 0.303 e. The van der Waals surface area contributed by atoms with Crippen molar-refractivity contribution in [2.24, 2.45) is 0 Å². The van der Waals surface area contributed by atoms with Crippen molar-refractivity contribution >= 4 is 85.7 Å². The molecule has 4 fully saturated rings. The number of nitrogens with one attached hydrogen (secondary N) is 1. The summed E-state index contributed by atoms with van der Waals surface area (Å²) >= 11 is 18.6. The fraction of sp³-hybridized carbons (Fsp3) is 0.375. The van der Waals surface area contributed by atoms with Crippen LogP contribution >= 0.6 is 34.8 Å². The van der Waals surface area contributed by atoms with Crippen molar-refractivity contribution in [1.29, 1.82) is 0 Å². The first-order chi connectivity index (χ1) is 34.3. The van der Waals surface area contributed by atoms with Crippen LogP contribution in [0, 0.1) is 0 Å². The molecule has 23 heteroatoms. The lowest BCUT2D eigenvalue weighted by atomic mass is 10.1. The van der Waals surface area contributed by atoms with Crippen LogP contribution in [0.25, 0.3) is 21.8 Å². The van der Waals surface area contributed by atoms with Crippen LogP contribution in [0.2, 0.25) is 15.2 Å². The third-order valence-corrected chi connectivity index (χ3v) is 12.4. The third kappa shape index (κ3) is 11.7. The second-order valence-electron chi connectivity index (χ2n) is 16.1. The molecule has 8 atom stereocenters. The third-order valence-electron chi connectivity index (χ3n) is 11.5. The summed E-state index contributed by atoms with van der Waals surface area (Å²) in [6.45, 7) is 3.97. The highest BCUT2D eigenvalue weighted by Crippen LogP contribution is 2.39. The van der Waals surface area contributed by atoms with Crippen molar-refractivity contribution in [2.45, 2.75) is 62.7 Å². The number of halogens is 3. The van der Waals surface area contributed by atoms with Crippen LogP contribution < -0.4 is 39.5 Å². The largest absolute Gasteiger partial charge is 0.493 e. The molecular weight excluding hydrogens is 991 g/mol. The molecular formula is C48H49Cl3N6O14. The Morgan fingerprint density at radius 3 is 1.48 bits per heavy atom. The molecule has 0 unspecified atom stereocenters. The van der Waals surface area contributed by atoms with Gasteiger partial charge in [0.05, 0.1) is 75.9 Å². The van der Waals surface area contributed by atoms with Gasteiger partial charge in [-0.15, -0.1) is 0 Å². The summed E-state index contributed by atoms with van der Waals surface area (Å²) in [6, 6.07) is 17.5. The predicted molar refractivity (Wildman–Crippen MR) is 260 cm³/mol. The van der Waals surface area contributed by atoms with E-state index in [1.54, 1.807) is 77.0 Å². The van der Waals surface area contributed by atoms with Crippen molar-refractivity contribution in [3.05, 3.63) is 88.5 Å². The second-order valence-corrected chi connectivity index (χ2v) is 17.3. The number of rotatable bonds is 12. The average Bonchev–Trinajstić information content (AvgIpc) is 4.15. The van der Waals surface area contributed by atoms with Crippen LogP contribution in [0.4, 0.5) is 17.2 Å². The molecule has 0 amide bonds. The summed E-state index contributed by atoms with van der Waals surface area (Å²) in [4.78, 5) is 39.0. The molecule has 0 bridgehead atoms. The topological polar surface area (TPSA) is 235 Å². The van der Waals surface area contributed by atoms with Crippen LogP contribution in [0.1, 0.15) is 13.8 Å². The maximum atomic E-state index is 11.3. The molecule has 0 radical (unpaired) electrons. The minimum absolute atomic E-state index is 0.273. The monoisotopic (exact) mass is 1040 g/mol. The number of fused-ring (bicyclic) bond motifs is 4. The Labute approximate surface area is 422 Å². The van der Waals surface area contributed by atoms with Gasteiger partial charge in [-0.05, 0) is 48.5 Å². The molecule has 2 aromatic heterocycles. The van der Waals surface area contributed by atoms with Gasteiger partial charge in [0, 0.05) is 48.1 Å². The van der Waals surface area contributed by atoms with Gasteiger partial charge in [0.15, 0.2) is 47.4 Å². The molecule has 6 aromatic rings. The number of anilines is 3. The normalized spacial score (nSPS) is 22.7. The fourth-order valence-electron chi connectivity index (χ4n) is 8.27. The van der Waals surface area contributed by atoms with E-state index >= 15 is 0 Å². The van der Waals surface area contributed by atoms with Gasteiger partial charge in [-0.25, -0.2) is 19.9 Å². The first kappa shape index (κ1) is 51.0. The maximum absolute atomic E-state index is 11.3. The molecule has 3 N–H and O–H groups in total. The van der Waals surface area contributed by atoms with Gasteiger partial charge in [0.25, 0.3) is 0 Å². The quantitative estimate of drug-likeness (QED) is 0.0699. The molecule has 4 saturated heterocycles. The minimum atomic E-state index is -0.436. The highest BCUT2D eigenvalue weighted by atomic mass is 35.5. The number of benzene rings is 4. The number of methoxy groups -OCH3 is 4. The molecule has 0 spiro atoms. The summed E-state index contributed by atoms with van der Waals surface area (Å²) in [6.07, 6.45) is 0.125. The average molecular weight is 1040 g/mol. The van der Waals surface area contributed by atoms with Gasteiger partial charge in [-0.1, -0.05) is 34.8 Å². The van der Waals surface area contributed by atoms with Gasteiger partial charge < -0.3 is 67.9 Å². The van der Waals surface area contributed by atoms with Crippen LogP contribution in [-0.2, 0) is 38.0 Å². The Kier molecular flexibility index (Phi) is 16.4. The Balaban J connectivity index is 0.000000159. The number of aromatic nitrogens is 4. The zero-order valence-corrected chi connectivity index (χ0v) is 41.4. The fourth-order valence-corrected chi connectivity index (χ4v) is 8.93. The predicted octanol–water partition coefficient (Wildman–Crippen LogP) is 7.22. The van der Waals surface area contributed by atoms with E-state index in [2.05, 4.69) is 25.3 Å². The summed E-state index contributed by atoms with van der Waals surface area (Å²) < 4.78 is 66.3. The molecule has 4 aromatic carbocycles. The summed E-state index contributed by atoms with van der Waals surface area (Å²) in [5.41, 5.74) is 8.36. The van der Waals surface area contributed by atoms with Crippen molar-refractivity contribution in [3.63, 3.8) is 0 Å². The van der Waals surface area contributed by atoms with Crippen molar-refractivity contribution in [2.75, 3.05) is 65.9 Å². The first-order valence-electron chi connectivity index (χ1n) is 21.9. The zero-order valence-electron chi connectivity index (χ0n) is 39.1. The highest BCUT2D eigenvalue weighted by Gasteiger charge is 2.51. The van der Waals surface area contributed by atoms with Crippen molar-refractivity contribution in [3.8, 4) is 34.5 Å². The second kappa shape index (κ2) is 22.8. The molecule has 6 heterocycles. The van der Waals surface area contributed by atoms with Gasteiger partial charge in [0.1, 0.15) is 59.5 Å². The zero-order chi connectivity index (χ0) is 50.3. The molecule has 71 heavy (non-hydrogen) atoms. The van der Waals surface area contributed by atoms with E-state index in [0.717, 1.165) is 16.3 Å². The van der Waals surface area contributed by atoms with E-state index in [1.807, 2.05) is 12.1 Å². The van der Waals surface area contributed by atoms with Gasteiger partial charge in [-0.3, -0.25) is 9.59 Å². The summed E-state index contributed by atoms with van der Waals surface area (Å²) in [5.74, 6) is 3.28. The van der Waals surface area contributed by atoms with Crippen LogP contribution in [0.5, 0.6) is 34.5 Å². The molecule has 10 rings (SSSR count). The van der Waals surface area contributed by atoms with Gasteiger partial charge >= 0.3 is 11.9 Å². The number of hydrogen-bond donors (Lipinski definition) is 2. The number of nitrogens with zero attached hydrogens (tertiary/aromatic N) is 4. The van der Waals surface area contributed by atoms with Gasteiger partial charge in [-0.2, -0.15) is 0 Å². The number of nitrogen functional groups attached to an aromatic ring is 1. The SMILES string of the molecule is CC(=O)O[C@H]1CO[C@H]2[C@@H]1OC[C@@H]2Oc1ccc(N)cc1Cl.COc1cc2ncnc(Cl)c2cc1OC.COc1cc2ncnc(Nc3ccc(O[C@H]4CO[C@H]5[C@@H]4OC[C@@H]5OC(C)=O)c(Cl)c3)c2cc1OC. The van der Waals surface area contributed by atoms with Crippen LogP contribution in [-0.4, -0.2) is 136 Å². The van der Waals surface area contributed by atoms with Gasteiger partial charge in [0.2, 0.25) is 0 Å². The number of hydrogen-bond acceptors (Lipinski definition) is 20. The Hall–Kier alpha value is -6.39. The van der Waals surface area contributed by atoms with Crippen LogP contribution in [0.3, 0.4) is 0 Å². The van der Waals surface area contributed by atoms with E-state index in [9.17, 15) is 9.59 Å². The van der Waals surface area contributed by atoms with E-state index in [-0.39, 0.29) is 61.3 Å². The number of carbonyl (C=O) groups excluding carboxylic acids is 2. The lowest BCUT2D eigenvalue weighted by Crippen LogP contribution is -2.36. The number of carbonyl (C=O) groups is 2. The molecule has 0 aliphatic carbocycles. The number of nitrogens with two attached hydrogens (primary N) is 1. The number of esters is 2. The molecule has 376 valence electrons. The Bertz CT molecular complexity index is 2890. The van der Waals surface area contributed by atoms with Crippen LogP contribution in [0.15, 0.2) is 73.3 Å². The highest BCUT2D eigenvalue weighted by molar-refractivity contribution is 6.34. The summed E-state index contributed by atoms with van der Waals surface area (Å²) in [5, 5.41) is 6.03. The lowest BCUT2D eigenvalue weighted by molar-refractivity contribution is -0.151. The van der Waals surface area contributed by atoms with E-state index in [0.29, 0.717) is 92.2 Å². The standard InChI is InChI=1S/C24H24ClN3O7.C14H16ClNO5.C10H9ClN2O2/c1-12(29)34-20-9-32-23-21(10-33-22(20)23)35-17-5-4-13(6-15(17)25)28-24-14-7-18(30-2)19(31-3)8-16(14)26-11-27-24;1-7(17)20-11-5-18-14-12(6-19-13(11)14)21-10-3-2-8(16)4-9(10)15;1-14-8-3-6-7(4-9(8)15-2)12-5-13-10(6)11/h4-8,11,20-23H,9-10H2,1-3H3,(H,26,27,28);2-4,11-14H,5-6,16H2,1H3;3-5H,1-2H3/t20-,21-,22+,23+;11-,12-,13+,14+;/m00./s1. The Morgan fingerprint density at radius 2 is 0.986 bits per heavy atom. The lowest BCUT2D eigenvalue weighted by Gasteiger charge is -2.19. The number of ether oxygens (including phenoxy) is 12. The van der Waals surface area contributed by atoms with E-state index in [1.165, 1.54) is 26.5 Å².